The lowest BCUT2D eigenvalue weighted by atomic mass is 9.77. The van der Waals surface area contributed by atoms with Gasteiger partial charge in [-0.3, -0.25) is 4.98 Å². The van der Waals surface area contributed by atoms with Gasteiger partial charge in [0.2, 0.25) is 5.82 Å². The number of carboxylic acids is 1. The third kappa shape index (κ3) is 3.90. The first-order valence-corrected chi connectivity index (χ1v) is 13.3. The SMILES string of the molecule is Cc1cc(-c2nn(C(c3ccccc3)(c3ccccc3)c3ccccc3)c3cc4[nH]c(C(=O)O)nc4cc23)ccn1. The number of carboxylic acid groups (broad SMARTS) is 1. The van der Waals surface area contributed by atoms with Crippen molar-refractivity contribution < 1.29 is 9.90 Å². The topological polar surface area (TPSA) is 96.7 Å². The maximum absolute atomic E-state index is 11.8. The van der Waals surface area contributed by atoms with E-state index in [1.54, 1.807) is 6.20 Å². The van der Waals surface area contributed by atoms with Crippen LogP contribution in [0.3, 0.4) is 0 Å². The highest BCUT2D eigenvalue weighted by Crippen LogP contribution is 2.44. The molecule has 2 N–H and O–H groups in total. The summed E-state index contributed by atoms with van der Waals surface area (Å²) in [5.41, 5.74) is 6.82. The average molecular weight is 536 g/mol. The maximum Gasteiger partial charge on any atom is 0.371 e. The number of H-pyrrole nitrogens is 1. The number of hydrogen-bond acceptors (Lipinski definition) is 4. The van der Waals surface area contributed by atoms with E-state index >= 15 is 0 Å². The highest BCUT2D eigenvalue weighted by atomic mass is 16.4. The molecule has 0 aliphatic heterocycles. The molecule has 0 unspecified atom stereocenters. The van der Waals surface area contributed by atoms with Gasteiger partial charge in [-0.1, -0.05) is 91.0 Å². The molecule has 4 aromatic carbocycles. The van der Waals surface area contributed by atoms with Gasteiger partial charge in [0.15, 0.2) is 0 Å². The average Bonchev–Trinajstić information content (AvgIpc) is 3.60. The first-order valence-electron chi connectivity index (χ1n) is 13.3. The third-order valence-electron chi connectivity index (χ3n) is 7.55. The van der Waals surface area contributed by atoms with Crippen LogP contribution in [-0.4, -0.2) is 35.8 Å². The molecule has 0 amide bonds. The summed E-state index contributed by atoms with van der Waals surface area (Å²) in [4.78, 5) is 23.5. The lowest BCUT2D eigenvalue weighted by Crippen LogP contribution is -2.38. The highest BCUT2D eigenvalue weighted by molar-refractivity contribution is 6.02. The van der Waals surface area contributed by atoms with Crippen molar-refractivity contribution in [2.75, 3.05) is 0 Å². The minimum absolute atomic E-state index is 0.103. The van der Waals surface area contributed by atoms with Gasteiger partial charge >= 0.3 is 5.97 Å². The normalized spacial score (nSPS) is 11.7. The van der Waals surface area contributed by atoms with Crippen molar-refractivity contribution in [3.63, 3.8) is 0 Å². The lowest BCUT2D eigenvalue weighted by molar-refractivity contribution is 0.0685. The molecule has 0 radical (unpaired) electrons. The van der Waals surface area contributed by atoms with Crippen molar-refractivity contribution >= 4 is 27.9 Å². The highest BCUT2D eigenvalue weighted by Gasteiger charge is 2.41. The molecule has 0 fully saturated rings. The number of aryl methyl sites for hydroxylation is 1. The summed E-state index contributed by atoms with van der Waals surface area (Å²) in [6, 6.07) is 38.9. The number of nitrogens with one attached hydrogen (secondary N) is 1. The molecule has 0 saturated heterocycles. The fourth-order valence-electron chi connectivity index (χ4n) is 5.79. The summed E-state index contributed by atoms with van der Waals surface area (Å²) >= 11 is 0. The van der Waals surface area contributed by atoms with Gasteiger partial charge < -0.3 is 10.1 Å². The molecule has 41 heavy (non-hydrogen) atoms. The first kappa shape index (κ1) is 24.5. The van der Waals surface area contributed by atoms with Gasteiger partial charge in [0.1, 0.15) is 11.2 Å². The summed E-state index contributed by atoms with van der Waals surface area (Å²) in [5, 5.41) is 15.9. The zero-order valence-corrected chi connectivity index (χ0v) is 22.2. The maximum atomic E-state index is 11.8. The van der Waals surface area contributed by atoms with E-state index in [1.165, 1.54) is 0 Å². The first-order chi connectivity index (χ1) is 20.1. The van der Waals surface area contributed by atoms with Gasteiger partial charge in [-0.25, -0.2) is 14.5 Å². The van der Waals surface area contributed by atoms with Crippen LogP contribution < -0.4 is 0 Å². The number of aromatic amines is 1. The molecule has 198 valence electrons. The van der Waals surface area contributed by atoms with Crippen LogP contribution in [0.5, 0.6) is 0 Å². The number of hydrogen-bond donors (Lipinski definition) is 2. The number of benzene rings is 4. The summed E-state index contributed by atoms with van der Waals surface area (Å²) < 4.78 is 2.08. The molecular weight excluding hydrogens is 510 g/mol. The predicted octanol–water partition coefficient (Wildman–Crippen LogP) is 6.82. The number of aromatic nitrogens is 5. The quantitative estimate of drug-likeness (QED) is 0.228. The zero-order chi connectivity index (χ0) is 28.0. The van der Waals surface area contributed by atoms with E-state index in [2.05, 4.69) is 56.0 Å². The van der Waals surface area contributed by atoms with E-state index in [0.29, 0.717) is 11.0 Å². The molecule has 7 heteroatoms. The Kier molecular flexibility index (Phi) is 5.71. The summed E-state index contributed by atoms with van der Waals surface area (Å²) in [6.45, 7) is 1.95. The Hall–Kier alpha value is -5.56. The molecule has 0 aliphatic carbocycles. The number of imidazole rings is 1. The van der Waals surface area contributed by atoms with Crippen LogP contribution in [0.15, 0.2) is 121 Å². The number of pyridine rings is 1. The molecule has 0 atom stereocenters. The smallest absolute Gasteiger partial charge is 0.371 e. The second-order valence-electron chi connectivity index (χ2n) is 10.0. The minimum atomic E-state index is -1.11. The van der Waals surface area contributed by atoms with Crippen molar-refractivity contribution in [2.24, 2.45) is 0 Å². The molecule has 7 nitrogen and oxygen atoms in total. The van der Waals surface area contributed by atoms with E-state index in [1.807, 2.05) is 85.8 Å². The van der Waals surface area contributed by atoms with Crippen LogP contribution in [0.4, 0.5) is 0 Å². The fourth-order valence-corrected chi connectivity index (χ4v) is 5.79. The number of carbonyl (C=O) groups is 1. The van der Waals surface area contributed by atoms with Crippen LogP contribution in [-0.2, 0) is 5.54 Å². The molecule has 0 saturated carbocycles. The molecule has 0 aliphatic rings. The fraction of sp³-hybridized carbons (Fsp3) is 0.0588. The van der Waals surface area contributed by atoms with Crippen LogP contribution in [0, 0.1) is 6.92 Å². The van der Waals surface area contributed by atoms with E-state index in [-0.39, 0.29) is 5.82 Å². The number of nitrogens with zero attached hydrogens (tertiary/aromatic N) is 4. The van der Waals surface area contributed by atoms with E-state index in [9.17, 15) is 9.90 Å². The Morgan fingerprint density at radius 2 is 1.39 bits per heavy atom. The van der Waals surface area contributed by atoms with Crippen molar-refractivity contribution in [3.05, 3.63) is 150 Å². The molecule has 7 rings (SSSR count). The van der Waals surface area contributed by atoms with Gasteiger partial charge in [-0.15, -0.1) is 0 Å². The standard InChI is InChI=1S/C34H25N5O2/c1-22-19-23(17-18-35-22)31-27-20-28-29(37-32(36-28)33(40)41)21-30(27)39(38-31)34(24-11-5-2-6-12-24,25-13-7-3-8-14-25)26-15-9-4-10-16-26/h2-21H,1H3,(H,36,37)(H,40,41). The Balaban J connectivity index is 1.68. The van der Waals surface area contributed by atoms with Gasteiger partial charge in [0, 0.05) is 22.8 Å². The van der Waals surface area contributed by atoms with Crippen LogP contribution in [0.1, 0.15) is 33.0 Å². The second-order valence-corrected chi connectivity index (χ2v) is 10.0. The van der Waals surface area contributed by atoms with Gasteiger partial charge in [-0.2, -0.15) is 5.10 Å². The van der Waals surface area contributed by atoms with Crippen molar-refractivity contribution in [2.45, 2.75) is 12.5 Å². The number of aromatic carboxylic acids is 1. The van der Waals surface area contributed by atoms with E-state index < -0.39 is 11.5 Å². The van der Waals surface area contributed by atoms with Crippen molar-refractivity contribution in [3.8, 4) is 11.3 Å². The van der Waals surface area contributed by atoms with Crippen LogP contribution >= 0.6 is 0 Å². The van der Waals surface area contributed by atoms with E-state index in [4.69, 9.17) is 5.10 Å². The Bertz CT molecular complexity index is 1930. The zero-order valence-electron chi connectivity index (χ0n) is 22.2. The Labute approximate surface area is 235 Å². The predicted molar refractivity (Wildman–Crippen MR) is 159 cm³/mol. The van der Waals surface area contributed by atoms with Gasteiger partial charge in [0.25, 0.3) is 0 Å². The molecule has 3 aromatic heterocycles. The minimum Gasteiger partial charge on any atom is -0.475 e. The lowest BCUT2D eigenvalue weighted by Gasteiger charge is -2.37. The van der Waals surface area contributed by atoms with Crippen molar-refractivity contribution in [1.29, 1.82) is 0 Å². The summed E-state index contributed by atoms with van der Waals surface area (Å²) in [7, 11) is 0. The van der Waals surface area contributed by atoms with Crippen LogP contribution in [0.25, 0.3) is 33.2 Å². The Morgan fingerprint density at radius 1 is 0.805 bits per heavy atom. The molecule has 0 spiro atoms. The summed E-state index contributed by atoms with van der Waals surface area (Å²) in [5.74, 6) is -1.21. The second kappa shape index (κ2) is 9.57. The number of rotatable bonds is 6. The molecule has 3 heterocycles. The van der Waals surface area contributed by atoms with Crippen LogP contribution in [0.2, 0.25) is 0 Å². The summed E-state index contributed by atoms with van der Waals surface area (Å²) in [6.07, 6.45) is 1.78. The Morgan fingerprint density at radius 3 is 1.93 bits per heavy atom. The van der Waals surface area contributed by atoms with E-state index in [0.717, 1.165) is 44.5 Å². The van der Waals surface area contributed by atoms with Crippen molar-refractivity contribution in [1.82, 2.24) is 24.7 Å². The molecule has 0 bridgehead atoms. The van der Waals surface area contributed by atoms with Gasteiger partial charge in [-0.05, 0) is 47.9 Å². The monoisotopic (exact) mass is 535 g/mol. The largest absolute Gasteiger partial charge is 0.475 e. The molecular formula is C34H25N5O2. The molecule has 7 aromatic rings. The number of fused-ring (bicyclic) bond motifs is 2. The third-order valence-corrected chi connectivity index (χ3v) is 7.55. The van der Waals surface area contributed by atoms with Gasteiger partial charge in [0.05, 0.1) is 16.6 Å².